The number of imidazole rings is 1. The quantitative estimate of drug-likeness (QED) is 0.713. The van der Waals surface area contributed by atoms with Crippen molar-refractivity contribution >= 4 is 23.3 Å². The van der Waals surface area contributed by atoms with E-state index in [9.17, 15) is 4.39 Å². The molecule has 3 rings (SSSR count). The van der Waals surface area contributed by atoms with E-state index in [1.807, 2.05) is 28.8 Å². The third-order valence-corrected chi connectivity index (χ3v) is 3.50. The molecule has 0 amide bonds. The Morgan fingerprint density at radius 2 is 1.95 bits per heavy atom. The van der Waals surface area contributed by atoms with E-state index in [2.05, 4.69) is 11.9 Å². The van der Waals surface area contributed by atoms with Crippen molar-refractivity contribution < 1.29 is 9.13 Å². The van der Waals surface area contributed by atoms with Gasteiger partial charge in [-0.1, -0.05) is 6.92 Å². The Labute approximate surface area is 127 Å². The molecule has 3 nitrogen and oxygen atoms in total. The molecule has 0 saturated carbocycles. The maximum atomic E-state index is 13.3. The standard InChI is InChI=1S/C16H15FN2OS/c1-2-9-20-13-6-4-12(5-7-13)19-15-8-3-11(17)10-14(15)18-16(19)21/h3-8,10H,2,9H2,1H3,(H,18,21). The molecule has 21 heavy (non-hydrogen) atoms. The van der Waals surface area contributed by atoms with Crippen LogP contribution in [-0.2, 0) is 0 Å². The van der Waals surface area contributed by atoms with Crippen LogP contribution in [0.3, 0.4) is 0 Å². The Hall–Kier alpha value is -2.14. The molecule has 1 heterocycles. The third kappa shape index (κ3) is 2.69. The van der Waals surface area contributed by atoms with Gasteiger partial charge < -0.3 is 9.72 Å². The van der Waals surface area contributed by atoms with Gasteiger partial charge in [0, 0.05) is 5.69 Å². The van der Waals surface area contributed by atoms with Gasteiger partial charge in [-0.2, -0.15) is 0 Å². The fourth-order valence-corrected chi connectivity index (χ4v) is 2.57. The van der Waals surface area contributed by atoms with Gasteiger partial charge in [-0.05, 0) is 61.1 Å². The summed E-state index contributed by atoms with van der Waals surface area (Å²) < 4.78 is 21.3. The Morgan fingerprint density at radius 1 is 1.19 bits per heavy atom. The van der Waals surface area contributed by atoms with Crippen LogP contribution < -0.4 is 4.74 Å². The van der Waals surface area contributed by atoms with E-state index in [0.29, 0.717) is 16.9 Å². The SMILES string of the molecule is CCCOc1ccc(-n2c(=S)[nH]c3cc(F)ccc32)cc1. The molecule has 1 N–H and O–H groups in total. The highest BCUT2D eigenvalue weighted by Gasteiger charge is 2.07. The largest absolute Gasteiger partial charge is 0.494 e. The van der Waals surface area contributed by atoms with E-state index in [0.717, 1.165) is 23.4 Å². The van der Waals surface area contributed by atoms with Crippen LogP contribution in [-0.4, -0.2) is 16.2 Å². The van der Waals surface area contributed by atoms with E-state index in [1.165, 1.54) is 12.1 Å². The average molecular weight is 302 g/mol. The minimum atomic E-state index is -0.283. The molecule has 108 valence electrons. The summed E-state index contributed by atoms with van der Waals surface area (Å²) in [5, 5.41) is 0. The first-order valence-corrected chi connectivity index (χ1v) is 7.23. The Morgan fingerprint density at radius 3 is 2.67 bits per heavy atom. The van der Waals surface area contributed by atoms with Crippen LogP contribution in [0.1, 0.15) is 13.3 Å². The lowest BCUT2D eigenvalue weighted by molar-refractivity contribution is 0.317. The van der Waals surface area contributed by atoms with Gasteiger partial charge in [-0.25, -0.2) is 4.39 Å². The van der Waals surface area contributed by atoms with Gasteiger partial charge >= 0.3 is 0 Å². The molecule has 0 atom stereocenters. The molecular weight excluding hydrogens is 287 g/mol. The Balaban J connectivity index is 2.04. The number of hydrogen-bond acceptors (Lipinski definition) is 2. The molecular formula is C16H15FN2OS. The second-order valence-electron chi connectivity index (χ2n) is 4.77. The minimum Gasteiger partial charge on any atom is -0.494 e. The van der Waals surface area contributed by atoms with Crippen molar-refractivity contribution in [2.45, 2.75) is 13.3 Å². The van der Waals surface area contributed by atoms with E-state index >= 15 is 0 Å². The number of nitrogens with zero attached hydrogens (tertiary/aromatic N) is 1. The first-order chi connectivity index (χ1) is 10.2. The van der Waals surface area contributed by atoms with Gasteiger partial charge in [-0.15, -0.1) is 0 Å². The Kier molecular flexibility index (Phi) is 3.75. The maximum absolute atomic E-state index is 13.3. The van der Waals surface area contributed by atoms with Crippen molar-refractivity contribution in [1.29, 1.82) is 0 Å². The number of fused-ring (bicyclic) bond motifs is 1. The molecule has 0 aliphatic carbocycles. The third-order valence-electron chi connectivity index (χ3n) is 3.21. The first kappa shape index (κ1) is 13.8. The zero-order valence-corrected chi connectivity index (χ0v) is 12.4. The number of aromatic amines is 1. The lowest BCUT2D eigenvalue weighted by Gasteiger charge is -2.07. The highest BCUT2D eigenvalue weighted by atomic mass is 32.1. The molecule has 0 unspecified atom stereocenters. The second-order valence-corrected chi connectivity index (χ2v) is 5.16. The number of nitrogens with one attached hydrogen (secondary N) is 1. The number of aromatic nitrogens is 2. The predicted octanol–water partition coefficient (Wildman–Crippen LogP) is 4.62. The van der Waals surface area contributed by atoms with Crippen molar-refractivity contribution in [1.82, 2.24) is 9.55 Å². The maximum Gasteiger partial charge on any atom is 0.182 e. The molecule has 0 radical (unpaired) electrons. The minimum absolute atomic E-state index is 0.283. The van der Waals surface area contributed by atoms with Crippen molar-refractivity contribution in [3.05, 3.63) is 53.1 Å². The second kappa shape index (κ2) is 5.69. The lowest BCUT2D eigenvalue weighted by Crippen LogP contribution is -1.97. The van der Waals surface area contributed by atoms with E-state index in [-0.39, 0.29) is 5.82 Å². The Bertz CT molecular complexity index is 820. The smallest absolute Gasteiger partial charge is 0.182 e. The number of H-pyrrole nitrogens is 1. The highest BCUT2D eigenvalue weighted by molar-refractivity contribution is 7.71. The zero-order valence-electron chi connectivity index (χ0n) is 11.6. The van der Waals surface area contributed by atoms with Crippen molar-refractivity contribution in [2.75, 3.05) is 6.61 Å². The number of benzene rings is 2. The van der Waals surface area contributed by atoms with Crippen LogP contribution in [0.25, 0.3) is 16.7 Å². The van der Waals surface area contributed by atoms with Crippen LogP contribution >= 0.6 is 12.2 Å². The molecule has 0 saturated heterocycles. The average Bonchev–Trinajstić information content (AvgIpc) is 2.80. The molecule has 0 aliphatic heterocycles. The van der Waals surface area contributed by atoms with Crippen LogP contribution in [0.2, 0.25) is 0 Å². The molecule has 3 aromatic rings. The zero-order chi connectivity index (χ0) is 14.8. The molecule has 2 aromatic carbocycles. The fraction of sp³-hybridized carbons (Fsp3) is 0.188. The molecule has 0 fully saturated rings. The summed E-state index contributed by atoms with van der Waals surface area (Å²) in [7, 11) is 0. The highest BCUT2D eigenvalue weighted by Crippen LogP contribution is 2.22. The predicted molar refractivity (Wildman–Crippen MR) is 84.2 cm³/mol. The van der Waals surface area contributed by atoms with Crippen LogP contribution in [0.15, 0.2) is 42.5 Å². The summed E-state index contributed by atoms with van der Waals surface area (Å²) in [6, 6.07) is 12.3. The fourth-order valence-electron chi connectivity index (χ4n) is 2.25. The summed E-state index contributed by atoms with van der Waals surface area (Å²) in [4.78, 5) is 3.02. The van der Waals surface area contributed by atoms with Crippen LogP contribution in [0.4, 0.5) is 4.39 Å². The molecule has 5 heteroatoms. The van der Waals surface area contributed by atoms with Crippen LogP contribution in [0, 0.1) is 10.6 Å². The van der Waals surface area contributed by atoms with Crippen molar-refractivity contribution in [2.24, 2.45) is 0 Å². The molecule has 0 spiro atoms. The number of ether oxygens (including phenoxy) is 1. The number of halogens is 1. The topological polar surface area (TPSA) is 29.9 Å². The van der Waals surface area contributed by atoms with Crippen LogP contribution in [0.5, 0.6) is 5.75 Å². The van der Waals surface area contributed by atoms with Gasteiger partial charge in [0.2, 0.25) is 0 Å². The normalized spacial score (nSPS) is 11.0. The monoisotopic (exact) mass is 302 g/mol. The summed E-state index contributed by atoms with van der Waals surface area (Å²) in [6.45, 7) is 2.77. The number of hydrogen-bond donors (Lipinski definition) is 1. The number of rotatable bonds is 4. The summed E-state index contributed by atoms with van der Waals surface area (Å²) in [5.74, 6) is 0.548. The molecule has 1 aromatic heterocycles. The summed E-state index contributed by atoms with van der Waals surface area (Å²) >= 11 is 5.33. The van der Waals surface area contributed by atoms with E-state index < -0.39 is 0 Å². The molecule has 0 bridgehead atoms. The van der Waals surface area contributed by atoms with Gasteiger partial charge in [0.25, 0.3) is 0 Å². The van der Waals surface area contributed by atoms with E-state index in [1.54, 1.807) is 6.07 Å². The molecule has 0 aliphatic rings. The summed E-state index contributed by atoms with van der Waals surface area (Å²) in [5.41, 5.74) is 2.46. The van der Waals surface area contributed by atoms with Gasteiger partial charge in [-0.3, -0.25) is 4.57 Å². The van der Waals surface area contributed by atoms with E-state index in [4.69, 9.17) is 17.0 Å². The summed E-state index contributed by atoms with van der Waals surface area (Å²) in [6.07, 6.45) is 0.973. The van der Waals surface area contributed by atoms with Gasteiger partial charge in [0.1, 0.15) is 11.6 Å². The van der Waals surface area contributed by atoms with Gasteiger partial charge in [0.15, 0.2) is 4.77 Å². The van der Waals surface area contributed by atoms with Crippen molar-refractivity contribution in [3.8, 4) is 11.4 Å². The lowest BCUT2D eigenvalue weighted by atomic mass is 10.2. The first-order valence-electron chi connectivity index (χ1n) is 6.82. The van der Waals surface area contributed by atoms with Crippen molar-refractivity contribution in [3.63, 3.8) is 0 Å². The van der Waals surface area contributed by atoms with Gasteiger partial charge in [0.05, 0.1) is 17.6 Å².